The fraction of sp³-hybridized carbons (Fsp3) is 1.00. The van der Waals surface area contributed by atoms with Crippen molar-refractivity contribution < 1.29 is 0 Å². The van der Waals surface area contributed by atoms with Crippen LogP contribution in [0.15, 0.2) is 0 Å². The van der Waals surface area contributed by atoms with E-state index in [1.54, 1.807) is 0 Å². The smallest absolute Gasteiger partial charge is 0.0278 e. The predicted octanol–water partition coefficient (Wildman–Crippen LogP) is 1.66. The molecule has 2 nitrogen and oxygen atoms in total. The lowest BCUT2D eigenvalue weighted by atomic mass is 9.90. The second-order valence-corrected chi connectivity index (χ2v) is 5.36. The molecule has 0 bridgehead atoms. The molecule has 2 N–H and O–H groups in total. The van der Waals surface area contributed by atoms with Crippen molar-refractivity contribution in [2.75, 3.05) is 13.1 Å². The summed E-state index contributed by atoms with van der Waals surface area (Å²) in [5.41, 5.74) is 0.853. The Hall–Kier alpha value is -0.0800. The molecule has 2 fully saturated rings. The summed E-state index contributed by atoms with van der Waals surface area (Å²) < 4.78 is 0. The van der Waals surface area contributed by atoms with Crippen LogP contribution < -0.4 is 10.6 Å². The van der Waals surface area contributed by atoms with Crippen molar-refractivity contribution in [1.29, 1.82) is 0 Å². The predicted molar refractivity (Wildman–Crippen MR) is 55.9 cm³/mol. The van der Waals surface area contributed by atoms with Crippen LogP contribution in [0.1, 0.15) is 46.0 Å². The fourth-order valence-corrected chi connectivity index (χ4v) is 2.04. The van der Waals surface area contributed by atoms with E-state index in [0.717, 1.165) is 6.54 Å². The molecule has 1 saturated heterocycles. The third-order valence-corrected chi connectivity index (χ3v) is 3.61. The molecular weight excluding hydrogens is 160 g/mol. The summed E-state index contributed by atoms with van der Waals surface area (Å²) in [7, 11) is 0. The lowest BCUT2D eigenvalue weighted by molar-refractivity contribution is 0.256. The summed E-state index contributed by atoms with van der Waals surface area (Å²) >= 11 is 0. The molecule has 1 aliphatic carbocycles. The van der Waals surface area contributed by atoms with Crippen LogP contribution in [0.2, 0.25) is 0 Å². The summed E-state index contributed by atoms with van der Waals surface area (Å²) in [4.78, 5) is 0. The topological polar surface area (TPSA) is 24.1 Å². The highest BCUT2D eigenvalue weighted by molar-refractivity contribution is 5.00. The molecule has 2 aliphatic rings. The van der Waals surface area contributed by atoms with Crippen LogP contribution in [0, 0.1) is 0 Å². The first-order valence-electron chi connectivity index (χ1n) is 5.62. The molecule has 1 unspecified atom stereocenters. The summed E-state index contributed by atoms with van der Waals surface area (Å²) in [5, 5.41) is 7.31. The van der Waals surface area contributed by atoms with Crippen LogP contribution in [0.5, 0.6) is 0 Å². The number of hydrogen-bond donors (Lipinski definition) is 2. The first-order chi connectivity index (χ1) is 6.12. The molecule has 0 amide bonds. The quantitative estimate of drug-likeness (QED) is 0.693. The highest BCUT2D eigenvalue weighted by Gasteiger charge is 2.38. The highest BCUT2D eigenvalue weighted by atomic mass is 15.1. The van der Waals surface area contributed by atoms with Gasteiger partial charge in [0.2, 0.25) is 0 Å². The number of rotatable bonds is 3. The zero-order valence-electron chi connectivity index (χ0n) is 8.95. The molecule has 1 heterocycles. The minimum Gasteiger partial charge on any atom is -0.310 e. The van der Waals surface area contributed by atoms with Crippen LogP contribution in [-0.2, 0) is 0 Å². The van der Waals surface area contributed by atoms with Crippen molar-refractivity contribution in [1.82, 2.24) is 10.6 Å². The Balaban J connectivity index is 1.77. The van der Waals surface area contributed by atoms with Gasteiger partial charge in [0, 0.05) is 17.6 Å². The monoisotopic (exact) mass is 182 g/mol. The third-order valence-electron chi connectivity index (χ3n) is 3.61. The maximum atomic E-state index is 3.68. The molecule has 1 saturated carbocycles. The SMILES string of the molecule is CC1(NCC2(C)CCCCN2)CC1. The molecule has 0 aromatic heterocycles. The average molecular weight is 182 g/mol. The Morgan fingerprint density at radius 2 is 1.92 bits per heavy atom. The van der Waals surface area contributed by atoms with E-state index in [-0.39, 0.29) is 0 Å². The minimum absolute atomic E-state index is 0.365. The molecule has 2 rings (SSSR count). The van der Waals surface area contributed by atoms with Crippen molar-refractivity contribution in [3.05, 3.63) is 0 Å². The second kappa shape index (κ2) is 3.25. The molecule has 0 spiro atoms. The van der Waals surface area contributed by atoms with Crippen LogP contribution >= 0.6 is 0 Å². The molecule has 1 aliphatic heterocycles. The van der Waals surface area contributed by atoms with Gasteiger partial charge in [-0.25, -0.2) is 0 Å². The van der Waals surface area contributed by atoms with Gasteiger partial charge in [-0.1, -0.05) is 6.42 Å². The summed E-state index contributed by atoms with van der Waals surface area (Å²) in [6.45, 7) is 7.03. The average Bonchev–Trinajstić information content (AvgIpc) is 2.84. The van der Waals surface area contributed by atoms with Crippen molar-refractivity contribution in [3.8, 4) is 0 Å². The van der Waals surface area contributed by atoms with Gasteiger partial charge in [0.15, 0.2) is 0 Å². The molecule has 0 radical (unpaired) electrons. The van der Waals surface area contributed by atoms with Crippen LogP contribution in [0.4, 0.5) is 0 Å². The zero-order chi connectivity index (χ0) is 9.36. The Morgan fingerprint density at radius 1 is 1.15 bits per heavy atom. The number of piperidine rings is 1. The third kappa shape index (κ3) is 2.44. The van der Waals surface area contributed by atoms with Gasteiger partial charge in [0.25, 0.3) is 0 Å². The van der Waals surface area contributed by atoms with Crippen LogP contribution in [-0.4, -0.2) is 24.2 Å². The van der Waals surface area contributed by atoms with Gasteiger partial charge in [0.05, 0.1) is 0 Å². The molecule has 13 heavy (non-hydrogen) atoms. The Kier molecular flexibility index (Phi) is 2.37. The van der Waals surface area contributed by atoms with Crippen molar-refractivity contribution in [2.45, 2.75) is 57.0 Å². The number of hydrogen-bond acceptors (Lipinski definition) is 2. The normalized spacial score (nSPS) is 37.4. The van der Waals surface area contributed by atoms with Crippen LogP contribution in [0.25, 0.3) is 0 Å². The zero-order valence-corrected chi connectivity index (χ0v) is 8.95. The van der Waals surface area contributed by atoms with Gasteiger partial charge in [0.1, 0.15) is 0 Å². The van der Waals surface area contributed by atoms with E-state index in [2.05, 4.69) is 24.5 Å². The number of nitrogens with one attached hydrogen (secondary N) is 2. The van der Waals surface area contributed by atoms with E-state index in [1.807, 2.05) is 0 Å². The highest BCUT2D eigenvalue weighted by Crippen LogP contribution is 2.34. The van der Waals surface area contributed by atoms with Gasteiger partial charge in [-0.05, 0) is 46.1 Å². The van der Waals surface area contributed by atoms with Crippen molar-refractivity contribution in [3.63, 3.8) is 0 Å². The summed E-state index contributed by atoms with van der Waals surface area (Å²) in [6, 6.07) is 0. The molecule has 2 heteroatoms. The molecule has 0 aromatic rings. The van der Waals surface area contributed by atoms with E-state index < -0.39 is 0 Å². The maximum absolute atomic E-state index is 3.68. The van der Waals surface area contributed by atoms with E-state index in [1.165, 1.54) is 38.6 Å². The van der Waals surface area contributed by atoms with Gasteiger partial charge in [-0.3, -0.25) is 0 Å². The Bertz CT molecular complexity index is 179. The van der Waals surface area contributed by atoms with Gasteiger partial charge >= 0.3 is 0 Å². The van der Waals surface area contributed by atoms with E-state index >= 15 is 0 Å². The Morgan fingerprint density at radius 3 is 2.46 bits per heavy atom. The molecule has 76 valence electrons. The molecule has 0 aromatic carbocycles. The lowest BCUT2D eigenvalue weighted by Gasteiger charge is -2.36. The molecule has 1 atom stereocenters. The standard InChI is InChI=1S/C11H22N2/c1-10(6-7-10)13-9-11(2)5-3-4-8-12-11/h12-13H,3-9H2,1-2H3. The summed E-state index contributed by atoms with van der Waals surface area (Å²) in [6.07, 6.45) is 6.80. The van der Waals surface area contributed by atoms with E-state index in [0.29, 0.717) is 11.1 Å². The lowest BCUT2D eigenvalue weighted by Crippen LogP contribution is -2.54. The Labute approximate surface area is 81.5 Å². The van der Waals surface area contributed by atoms with Crippen molar-refractivity contribution >= 4 is 0 Å². The van der Waals surface area contributed by atoms with Gasteiger partial charge in [-0.2, -0.15) is 0 Å². The second-order valence-electron chi connectivity index (χ2n) is 5.36. The molecular formula is C11H22N2. The van der Waals surface area contributed by atoms with Gasteiger partial charge in [-0.15, -0.1) is 0 Å². The largest absolute Gasteiger partial charge is 0.310 e. The van der Waals surface area contributed by atoms with Crippen molar-refractivity contribution in [2.24, 2.45) is 0 Å². The van der Waals surface area contributed by atoms with E-state index in [4.69, 9.17) is 0 Å². The first-order valence-corrected chi connectivity index (χ1v) is 5.62. The summed E-state index contributed by atoms with van der Waals surface area (Å²) in [5.74, 6) is 0. The van der Waals surface area contributed by atoms with E-state index in [9.17, 15) is 0 Å². The maximum Gasteiger partial charge on any atom is 0.0278 e. The van der Waals surface area contributed by atoms with Gasteiger partial charge < -0.3 is 10.6 Å². The van der Waals surface area contributed by atoms with Crippen LogP contribution in [0.3, 0.4) is 0 Å². The fourth-order valence-electron chi connectivity index (χ4n) is 2.04. The first kappa shape index (κ1) is 9.47. The minimum atomic E-state index is 0.365.